The largest absolute Gasteiger partial charge is 4.00 e. The van der Waals surface area contributed by atoms with E-state index < -0.39 is 0 Å². The zero-order valence-corrected chi connectivity index (χ0v) is 55.9. The molecule has 8 unspecified atom stereocenters. The molecule has 0 bridgehead atoms. The first-order valence-corrected chi connectivity index (χ1v) is 33.1. The minimum absolute atomic E-state index is 0. The average molecular weight is 1180 g/mol. The van der Waals surface area contributed by atoms with Crippen molar-refractivity contribution in [1.82, 2.24) is 0 Å². The molecular weight excluding hydrogens is 1070 g/mol. The Morgan fingerprint density at radius 2 is 0.793 bits per heavy atom. The van der Waals surface area contributed by atoms with Gasteiger partial charge in [0.2, 0.25) is 0 Å². The minimum atomic E-state index is -0.258. The first-order chi connectivity index (χ1) is 37.9. The van der Waals surface area contributed by atoms with Gasteiger partial charge in [0.1, 0.15) is 0 Å². The molecule has 8 aliphatic carbocycles. The maximum atomic E-state index is 12.2. The molecule has 0 amide bonds. The standard InChI is InChI=1S/2C27H47O.2C10H9O2.ClH.Ti/c2*1-18(2)7-6-8-19(3)23-11-12-24-22-10-9-20-17-21(28)13-15-26(20,4)25(22)14-16-27(23,24)5;2*1-8(11)7-10(12)9-5-3-2-4-6-9;;/h2*18-25H,6-17H2,1-5H3;2*2-7H,1H3;1H;/q4*-1;;+4/t2*19?,20?,21-,22-,23+,24?,25?,26-,27+;;;;/m00..../s1. The zero-order chi connectivity index (χ0) is 58.2. The van der Waals surface area contributed by atoms with Gasteiger partial charge in [0.05, 0.1) is 11.6 Å². The van der Waals surface area contributed by atoms with Gasteiger partial charge >= 0.3 is 21.7 Å². The molecule has 0 radical (unpaired) electrons. The summed E-state index contributed by atoms with van der Waals surface area (Å²) >= 11 is 0. The molecule has 0 N–H and O–H groups in total. The number of rotatable bonds is 16. The molecular formula is C74H113ClO6Ti. The van der Waals surface area contributed by atoms with E-state index in [9.17, 15) is 29.4 Å². The number of carbonyl (C=O) groups is 4. The molecule has 0 saturated heterocycles. The first kappa shape index (κ1) is 70.5. The molecule has 0 heterocycles. The molecule has 0 spiro atoms. The summed E-state index contributed by atoms with van der Waals surface area (Å²) in [5.41, 5.74) is 3.30. The Balaban J connectivity index is 0.000000214. The monoisotopic (exact) mass is 1180 g/mol. The fourth-order valence-electron chi connectivity index (χ4n) is 20.2. The number of hydrogen-bond acceptors (Lipinski definition) is 6. The maximum Gasteiger partial charge on any atom is 4.00 e. The zero-order valence-electron chi connectivity index (χ0n) is 53.5. The Morgan fingerprint density at radius 3 is 1.12 bits per heavy atom. The number of benzene rings is 2. The van der Waals surface area contributed by atoms with Crippen LogP contribution in [0.25, 0.3) is 0 Å². The van der Waals surface area contributed by atoms with Crippen LogP contribution in [0.4, 0.5) is 0 Å². The van der Waals surface area contributed by atoms with Crippen LogP contribution in [0.2, 0.25) is 0 Å². The maximum absolute atomic E-state index is 12.2. The third kappa shape index (κ3) is 16.7. The smallest absolute Gasteiger partial charge is 0.852 e. The van der Waals surface area contributed by atoms with Gasteiger partial charge in [-0.2, -0.15) is 0 Å². The van der Waals surface area contributed by atoms with Gasteiger partial charge in [0.15, 0.2) is 0 Å². The molecule has 82 heavy (non-hydrogen) atoms. The number of carbonyl (C=O) groups excluding carboxylic acids is 4. The summed E-state index contributed by atoms with van der Waals surface area (Å²) in [6, 6.07) is 17.4. The predicted molar refractivity (Wildman–Crippen MR) is 332 cm³/mol. The van der Waals surface area contributed by atoms with Gasteiger partial charge < -0.3 is 29.4 Å². The van der Waals surface area contributed by atoms with E-state index in [1.54, 1.807) is 48.5 Å². The molecule has 0 aromatic heterocycles. The molecule has 8 fully saturated rings. The van der Waals surface area contributed by atoms with E-state index in [1.165, 1.54) is 142 Å². The second kappa shape index (κ2) is 31.1. The van der Waals surface area contributed by atoms with Gasteiger partial charge in [-0.25, -0.2) is 0 Å². The Morgan fingerprint density at radius 1 is 0.463 bits per heavy atom. The van der Waals surface area contributed by atoms with Crippen molar-refractivity contribution in [2.75, 3.05) is 0 Å². The van der Waals surface area contributed by atoms with Gasteiger partial charge in [-0.15, -0.1) is 72.8 Å². The van der Waals surface area contributed by atoms with E-state index in [0.717, 1.165) is 121 Å². The first-order valence-electron chi connectivity index (χ1n) is 33.1. The summed E-state index contributed by atoms with van der Waals surface area (Å²) in [6.45, 7) is 28.0. The van der Waals surface area contributed by atoms with Crippen LogP contribution >= 0.6 is 12.4 Å². The van der Waals surface area contributed by atoms with Crippen molar-refractivity contribution in [2.24, 2.45) is 105 Å². The van der Waals surface area contributed by atoms with Gasteiger partial charge in [-0.05, 0) is 208 Å². The van der Waals surface area contributed by atoms with Crippen LogP contribution in [0.15, 0.2) is 60.7 Å². The SMILES string of the molecule is CC(=O)[CH-]C(=O)c1ccccc1.CC(=O)[CH-]C(=O)c1ccccc1.CC(C)CCCC(C)[C@H]1CCC2[C@@H]3CCC4C[C@@H]([O-])CC[C@]4(C)C3CC[C@@]21C.CC(C)CCCC(C)[C@H]1CCC2[C@@H]3CCC4C[C@@H]([O-])CC[C@]4(C)C3CC[C@@]21C.Cl.[Ti+4]. The van der Waals surface area contributed by atoms with Crippen molar-refractivity contribution >= 4 is 35.5 Å². The molecule has 8 saturated carbocycles. The predicted octanol–water partition coefficient (Wildman–Crippen LogP) is 17.4. The summed E-state index contributed by atoms with van der Waals surface area (Å²) in [5.74, 6) is 11.8. The Kier molecular flexibility index (Phi) is 26.8. The third-order valence-corrected chi connectivity index (χ3v) is 24.4. The van der Waals surface area contributed by atoms with Crippen LogP contribution in [0.1, 0.15) is 258 Å². The molecule has 18 atom stereocenters. The molecule has 456 valence electrons. The quantitative estimate of drug-likeness (QED) is 0.0716. The Labute approximate surface area is 521 Å². The van der Waals surface area contributed by atoms with E-state index >= 15 is 0 Å². The molecule has 2 aromatic carbocycles. The minimum Gasteiger partial charge on any atom is -0.852 e. The summed E-state index contributed by atoms with van der Waals surface area (Å²) in [7, 11) is 0. The van der Waals surface area contributed by atoms with Crippen LogP contribution in [0.3, 0.4) is 0 Å². The van der Waals surface area contributed by atoms with Crippen molar-refractivity contribution in [3.8, 4) is 0 Å². The van der Waals surface area contributed by atoms with Crippen LogP contribution in [-0.2, 0) is 31.3 Å². The molecule has 6 nitrogen and oxygen atoms in total. The molecule has 8 heteroatoms. The Bertz CT molecular complexity index is 2140. The molecule has 0 aliphatic heterocycles. The van der Waals surface area contributed by atoms with Crippen LogP contribution in [0.5, 0.6) is 0 Å². The summed E-state index contributed by atoms with van der Waals surface area (Å²) in [4.78, 5) is 43.5. The van der Waals surface area contributed by atoms with Gasteiger partial charge in [0, 0.05) is 11.6 Å². The van der Waals surface area contributed by atoms with E-state index in [2.05, 4.69) is 69.2 Å². The van der Waals surface area contributed by atoms with Crippen molar-refractivity contribution in [1.29, 1.82) is 0 Å². The van der Waals surface area contributed by atoms with Gasteiger partial charge in [0.25, 0.3) is 0 Å². The van der Waals surface area contributed by atoms with E-state index in [1.807, 2.05) is 12.1 Å². The van der Waals surface area contributed by atoms with E-state index in [-0.39, 0.29) is 69.5 Å². The van der Waals surface area contributed by atoms with Crippen LogP contribution in [-0.4, -0.2) is 35.3 Å². The summed E-state index contributed by atoms with van der Waals surface area (Å²) in [5, 5.41) is 24.4. The average Bonchev–Trinajstić information content (AvgIpc) is 4.02. The summed E-state index contributed by atoms with van der Waals surface area (Å²) in [6.07, 6.45) is 34.0. The number of Topliss-reactive ketones (excluding diaryl/α,β-unsaturated/α-hetero) is 4. The summed E-state index contributed by atoms with van der Waals surface area (Å²) < 4.78 is 0. The number of halogens is 1. The van der Waals surface area contributed by atoms with Crippen molar-refractivity contribution < 1.29 is 51.1 Å². The fraction of sp³-hybridized carbons (Fsp3) is 0.757. The van der Waals surface area contributed by atoms with E-state index in [0.29, 0.717) is 32.8 Å². The second-order valence-electron chi connectivity index (χ2n) is 30.1. The molecule has 2 aromatic rings. The van der Waals surface area contributed by atoms with E-state index in [4.69, 9.17) is 0 Å². The van der Waals surface area contributed by atoms with Crippen LogP contribution < -0.4 is 10.2 Å². The third-order valence-electron chi connectivity index (χ3n) is 24.4. The normalized spacial score (nSPS) is 36.4. The van der Waals surface area contributed by atoms with Gasteiger partial charge in [-0.1, -0.05) is 170 Å². The van der Waals surface area contributed by atoms with Crippen molar-refractivity contribution in [3.05, 3.63) is 84.6 Å². The Hall–Kier alpha value is -2.22. The fourth-order valence-corrected chi connectivity index (χ4v) is 20.2. The van der Waals surface area contributed by atoms with Crippen LogP contribution in [0, 0.1) is 117 Å². The van der Waals surface area contributed by atoms with Crippen molar-refractivity contribution in [3.63, 3.8) is 0 Å². The number of ketones is 4. The molecule has 10 rings (SSSR count). The second-order valence-corrected chi connectivity index (χ2v) is 30.1. The number of hydrogen-bond donors (Lipinski definition) is 0. The topological polar surface area (TPSA) is 114 Å². The van der Waals surface area contributed by atoms with Crippen molar-refractivity contribution in [2.45, 2.75) is 249 Å². The number of fused-ring (bicyclic) bond motifs is 10. The van der Waals surface area contributed by atoms with Gasteiger partial charge in [-0.3, -0.25) is 0 Å². The molecule has 8 aliphatic rings.